The highest BCUT2D eigenvalue weighted by molar-refractivity contribution is 9.09. The quantitative estimate of drug-likeness (QED) is 0.721. The van der Waals surface area contributed by atoms with Gasteiger partial charge in [0, 0.05) is 36.2 Å². The van der Waals surface area contributed by atoms with E-state index >= 15 is 0 Å². The maximum Gasteiger partial charge on any atom is 0.164 e. The first-order valence-electron chi connectivity index (χ1n) is 5.55. The first-order chi connectivity index (χ1) is 7.49. The van der Waals surface area contributed by atoms with Crippen LogP contribution in [0.5, 0.6) is 0 Å². The molecule has 1 heterocycles. The fraction of sp³-hybridized carbons (Fsp3) is 1.00. The van der Waals surface area contributed by atoms with Crippen LogP contribution in [0.15, 0.2) is 0 Å². The molecule has 2 unspecified atom stereocenters. The van der Waals surface area contributed by atoms with Gasteiger partial charge in [-0.25, -0.2) is 8.42 Å². The van der Waals surface area contributed by atoms with E-state index in [1.807, 2.05) is 0 Å². The van der Waals surface area contributed by atoms with E-state index in [1.54, 1.807) is 11.8 Å². The fourth-order valence-corrected chi connectivity index (χ4v) is 5.45. The fourth-order valence-electron chi connectivity index (χ4n) is 1.84. The van der Waals surface area contributed by atoms with Crippen LogP contribution in [0.4, 0.5) is 0 Å². The zero-order chi connectivity index (χ0) is 12.2. The molecule has 0 aliphatic carbocycles. The predicted octanol–water partition coefficient (Wildman–Crippen LogP) is 1.83. The lowest BCUT2D eigenvalue weighted by Gasteiger charge is -2.35. The van der Waals surface area contributed by atoms with Crippen molar-refractivity contribution in [2.24, 2.45) is 5.92 Å². The minimum atomic E-state index is -2.95. The number of sulfone groups is 1. The number of nitrogens with zero attached hydrogens (tertiary/aromatic N) is 1. The molecule has 2 atom stereocenters. The second-order valence-electron chi connectivity index (χ2n) is 4.28. The lowest BCUT2D eigenvalue weighted by atomic mass is 10.1. The largest absolute Gasteiger partial charge is 0.285 e. The van der Waals surface area contributed by atoms with Gasteiger partial charge in [-0.3, -0.25) is 4.90 Å². The van der Waals surface area contributed by atoms with Gasteiger partial charge in [-0.15, -0.1) is 0 Å². The summed E-state index contributed by atoms with van der Waals surface area (Å²) in [6.07, 6.45) is 2.44. The van der Waals surface area contributed by atoms with E-state index in [1.165, 1.54) is 6.26 Å². The third kappa shape index (κ3) is 4.20. The second kappa shape index (κ2) is 6.61. The Bertz CT molecular complexity index is 304. The summed E-state index contributed by atoms with van der Waals surface area (Å²) in [6.45, 7) is 3.94. The molecule has 1 aliphatic rings. The van der Waals surface area contributed by atoms with Crippen LogP contribution in [0.1, 0.15) is 13.3 Å². The number of rotatable bonds is 5. The minimum Gasteiger partial charge on any atom is -0.285 e. The van der Waals surface area contributed by atoms with E-state index in [0.717, 1.165) is 36.3 Å². The molecular weight excluding hydrogens is 310 g/mol. The van der Waals surface area contributed by atoms with Crippen LogP contribution in [0.2, 0.25) is 0 Å². The summed E-state index contributed by atoms with van der Waals surface area (Å²) < 4.78 is 23.4. The van der Waals surface area contributed by atoms with Crippen LogP contribution in [0, 0.1) is 5.92 Å². The van der Waals surface area contributed by atoms with Gasteiger partial charge in [-0.1, -0.05) is 29.3 Å². The van der Waals surface area contributed by atoms with Crippen LogP contribution < -0.4 is 0 Å². The van der Waals surface area contributed by atoms with E-state index in [0.29, 0.717) is 5.92 Å². The van der Waals surface area contributed by atoms with Crippen LogP contribution in [0.25, 0.3) is 0 Å². The van der Waals surface area contributed by atoms with Crippen molar-refractivity contribution < 1.29 is 8.42 Å². The Hall–Kier alpha value is 0.740. The molecule has 0 bridgehead atoms. The van der Waals surface area contributed by atoms with Crippen molar-refractivity contribution in [3.05, 3.63) is 0 Å². The maximum absolute atomic E-state index is 11.7. The second-order valence-corrected chi connectivity index (χ2v) is 8.28. The van der Waals surface area contributed by atoms with Crippen molar-refractivity contribution in [3.8, 4) is 0 Å². The molecule has 0 N–H and O–H groups in total. The molecule has 6 heteroatoms. The average molecular weight is 330 g/mol. The molecule has 0 amide bonds. The molecule has 1 saturated heterocycles. The van der Waals surface area contributed by atoms with Crippen molar-refractivity contribution in [2.75, 3.05) is 36.2 Å². The maximum atomic E-state index is 11.7. The van der Waals surface area contributed by atoms with E-state index < -0.39 is 9.84 Å². The Labute approximate surface area is 111 Å². The van der Waals surface area contributed by atoms with Crippen LogP contribution in [-0.2, 0) is 9.84 Å². The number of halogens is 1. The number of thioether (sulfide) groups is 1. The molecule has 1 rings (SSSR count). The molecule has 0 aromatic heterocycles. The van der Waals surface area contributed by atoms with Crippen molar-refractivity contribution >= 4 is 37.5 Å². The average Bonchev–Trinajstić information content (AvgIpc) is 2.25. The zero-order valence-corrected chi connectivity index (χ0v) is 13.1. The number of hydrogen-bond acceptors (Lipinski definition) is 4. The van der Waals surface area contributed by atoms with Crippen LogP contribution >= 0.6 is 27.7 Å². The monoisotopic (exact) mass is 329 g/mol. The molecule has 16 heavy (non-hydrogen) atoms. The Morgan fingerprint density at radius 1 is 1.56 bits per heavy atom. The third-order valence-electron chi connectivity index (χ3n) is 2.97. The zero-order valence-electron chi connectivity index (χ0n) is 9.86. The summed E-state index contributed by atoms with van der Waals surface area (Å²) in [4.78, 5) is 2.14. The standard InChI is InChI=1S/C10H20BrNO2S2/c1-3-9(6-11)7-12-4-5-15-8-10(12)16(2,13)14/h9-10H,3-8H2,1-2H3. The van der Waals surface area contributed by atoms with E-state index in [4.69, 9.17) is 0 Å². The Kier molecular flexibility index (Phi) is 6.12. The van der Waals surface area contributed by atoms with Crippen LogP contribution in [-0.4, -0.2) is 54.9 Å². The molecule has 0 aromatic carbocycles. The molecule has 1 aliphatic heterocycles. The van der Waals surface area contributed by atoms with Crippen molar-refractivity contribution in [3.63, 3.8) is 0 Å². The summed E-state index contributed by atoms with van der Waals surface area (Å²) in [7, 11) is -2.95. The lowest BCUT2D eigenvalue weighted by Crippen LogP contribution is -2.48. The molecular formula is C10H20BrNO2S2. The Morgan fingerprint density at radius 2 is 2.25 bits per heavy atom. The van der Waals surface area contributed by atoms with Gasteiger partial charge in [-0.05, 0) is 5.92 Å². The van der Waals surface area contributed by atoms with Gasteiger partial charge in [0.25, 0.3) is 0 Å². The first kappa shape index (κ1) is 14.8. The Balaban J connectivity index is 2.67. The third-order valence-corrected chi connectivity index (χ3v) is 6.58. The number of alkyl halides is 1. The molecule has 96 valence electrons. The predicted molar refractivity (Wildman–Crippen MR) is 75.1 cm³/mol. The summed E-state index contributed by atoms with van der Waals surface area (Å²) in [5.74, 6) is 2.31. The topological polar surface area (TPSA) is 37.4 Å². The van der Waals surface area contributed by atoms with E-state index in [9.17, 15) is 8.42 Å². The van der Waals surface area contributed by atoms with Gasteiger partial charge in [0.05, 0.1) is 0 Å². The molecule has 1 fully saturated rings. The lowest BCUT2D eigenvalue weighted by molar-refractivity contribution is 0.234. The highest BCUT2D eigenvalue weighted by Gasteiger charge is 2.31. The molecule has 3 nitrogen and oxygen atoms in total. The van der Waals surface area contributed by atoms with Gasteiger partial charge in [0.2, 0.25) is 0 Å². The van der Waals surface area contributed by atoms with Crippen molar-refractivity contribution in [1.82, 2.24) is 4.90 Å². The van der Waals surface area contributed by atoms with E-state index in [-0.39, 0.29) is 5.37 Å². The van der Waals surface area contributed by atoms with Crippen molar-refractivity contribution in [2.45, 2.75) is 18.7 Å². The summed E-state index contributed by atoms with van der Waals surface area (Å²) in [5.41, 5.74) is 0. The van der Waals surface area contributed by atoms with E-state index in [2.05, 4.69) is 27.8 Å². The summed E-state index contributed by atoms with van der Waals surface area (Å²) >= 11 is 5.24. The number of hydrogen-bond donors (Lipinski definition) is 0. The highest BCUT2D eigenvalue weighted by atomic mass is 79.9. The molecule has 0 spiro atoms. The minimum absolute atomic E-state index is 0.278. The van der Waals surface area contributed by atoms with Gasteiger partial charge in [0.1, 0.15) is 5.37 Å². The molecule has 0 saturated carbocycles. The molecule has 0 aromatic rings. The van der Waals surface area contributed by atoms with Gasteiger partial charge in [0.15, 0.2) is 9.84 Å². The van der Waals surface area contributed by atoms with Crippen molar-refractivity contribution in [1.29, 1.82) is 0 Å². The molecule has 0 radical (unpaired) electrons. The summed E-state index contributed by atoms with van der Waals surface area (Å²) in [6, 6.07) is 0. The SMILES string of the molecule is CCC(CBr)CN1CCSCC1S(C)(=O)=O. The first-order valence-corrected chi connectivity index (χ1v) is 9.78. The van der Waals surface area contributed by atoms with Gasteiger partial charge >= 0.3 is 0 Å². The summed E-state index contributed by atoms with van der Waals surface area (Å²) in [5, 5.41) is 0.670. The van der Waals surface area contributed by atoms with Gasteiger partial charge < -0.3 is 0 Å². The highest BCUT2D eigenvalue weighted by Crippen LogP contribution is 2.22. The van der Waals surface area contributed by atoms with Crippen LogP contribution in [0.3, 0.4) is 0 Å². The Morgan fingerprint density at radius 3 is 2.75 bits per heavy atom. The smallest absolute Gasteiger partial charge is 0.164 e. The van der Waals surface area contributed by atoms with Gasteiger partial charge in [-0.2, -0.15) is 11.8 Å². The normalized spacial score (nSPS) is 25.6.